The lowest BCUT2D eigenvalue weighted by Crippen LogP contribution is -1.87. The third-order valence-corrected chi connectivity index (χ3v) is 2.25. The third-order valence-electron chi connectivity index (χ3n) is 2.03. The summed E-state index contributed by atoms with van der Waals surface area (Å²) in [7, 11) is 0. The summed E-state index contributed by atoms with van der Waals surface area (Å²) < 4.78 is 13.8. The van der Waals surface area contributed by atoms with Gasteiger partial charge in [0, 0.05) is 5.39 Å². The summed E-state index contributed by atoms with van der Waals surface area (Å²) >= 11 is 4.96. The van der Waals surface area contributed by atoms with Crippen molar-refractivity contribution >= 4 is 23.1 Å². The molecule has 0 aliphatic rings. The van der Waals surface area contributed by atoms with Crippen LogP contribution < -0.4 is 0 Å². The second-order valence-corrected chi connectivity index (χ2v) is 3.42. The third kappa shape index (κ3) is 1.35. The minimum Gasteiger partial charge on any atom is -0.344 e. The van der Waals surface area contributed by atoms with E-state index in [1.807, 2.05) is 19.1 Å². The summed E-state index contributed by atoms with van der Waals surface area (Å²) in [5.74, 6) is -0.257. The Balaban J connectivity index is 3.03. The van der Waals surface area contributed by atoms with Gasteiger partial charge in [0.05, 0.1) is 5.52 Å². The van der Waals surface area contributed by atoms with E-state index in [4.69, 9.17) is 12.2 Å². The molecule has 0 spiro atoms. The minimum atomic E-state index is -0.257. The largest absolute Gasteiger partial charge is 0.344 e. The van der Waals surface area contributed by atoms with Crippen LogP contribution in [-0.2, 0) is 0 Å². The van der Waals surface area contributed by atoms with E-state index in [0.717, 1.165) is 10.9 Å². The van der Waals surface area contributed by atoms with Gasteiger partial charge in [-0.1, -0.05) is 24.4 Å². The fourth-order valence-corrected chi connectivity index (χ4v) is 1.69. The van der Waals surface area contributed by atoms with E-state index in [1.54, 1.807) is 6.07 Å². The molecule has 0 amide bonds. The van der Waals surface area contributed by atoms with Crippen LogP contribution in [0.25, 0.3) is 10.9 Å². The van der Waals surface area contributed by atoms with Crippen LogP contribution in [0, 0.1) is 17.4 Å². The normalized spacial score (nSPS) is 10.6. The molecule has 0 atom stereocenters. The zero-order valence-corrected chi connectivity index (χ0v) is 7.91. The fourth-order valence-electron chi connectivity index (χ4n) is 1.41. The maximum atomic E-state index is 13.3. The zero-order chi connectivity index (χ0) is 9.42. The average Bonchev–Trinajstić information content (AvgIpc) is 2.07. The van der Waals surface area contributed by atoms with Crippen LogP contribution in [0.15, 0.2) is 24.3 Å². The monoisotopic (exact) mass is 193 g/mol. The lowest BCUT2D eigenvalue weighted by atomic mass is 10.1. The first-order valence-corrected chi connectivity index (χ1v) is 4.37. The van der Waals surface area contributed by atoms with Crippen molar-refractivity contribution in [2.45, 2.75) is 6.92 Å². The predicted octanol–water partition coefficient (Wildman–Crippen LogP) is 3.34. The van der Waals surface area contributed by atoms with E-state index in [2.05, 4.69) is 4.98 Å². The average molecular weight is 193 g/mol. The van der Waals surface area contributed by atoms with Gasteiger partial charge in [0.15, 0.2) is 0 Å². The van der Waals surface area contributed by atoms with Gasteiger partial charge in [0.2, 0.25) is 0 Å². The topological polar surface area (TPSA) is 15.8 Å². The van der Waals surface area contributed by atoms with Crippen molar-refractivity contribution in [3.63, 3.8) is 0 Å². The molecule has 1 nitrogen and oxygen atoms in total. The number of rotatable bonds is 0. The molecule has 66 valence electrons. The molecular weight excluding hydrogens is 185 g/mol. The summed E-state index contributed by atoms with van der Waals surface area (Å²) in [5.41, 5.74) is 1.49. The van der Waals surface area contributed by atoms with Gasteiger partial charge in [-0.15, -0.1) is 0 Å². The minimum absolute atomic E-state index is 0.257. The fraction of sp³-hybridized carbons (Fsp3) is 0.100. The second kappa shape index (κ2) is 2.92. The number of para-hydroxylation sites is 1. The van der Waals surface area contributed by atoms with Gasteiger partial charge in [0.25, 0.3) is 0 Å². The molecule has 0 radical (unpaired) electrons. The second-order valence-electron chi connectivity index (χ2n) is 2.98. The summed E-state index contributed by atoms with van der Waals surface area (Å²) in [6.07, 6.45) is 0. The van der Waals surface area contributed by atoms with E-state index in [9.17, 15) is 4.39 Å². The molecule has 0 saturated heterocycles. The molecular formula is C10H8FNS. The quantitative estimate of drug-likeness (QED) is 0.634. The van der Waals surface area contributed by atoms with Crippen molar-refractivity contribution in [1.82, 2.24) is 4.98 Å². The molecule has 1 aromatic carbocycles. The van der Waals surface area contributed by atoms with Crippen molar-refractivity contribution in [1.29, 1.82) is 0 Å². The van der Waals surface area contributed by atoms with Crippen LogP contribution in [-0.4, -0.2) is 4.98 Å². The zero-order valence-electron chi connectivity index (χ0n) is 7.10. The molecule has 1 N–H and O–H groups in total. The lowest BCUT2D eigenvalue weighted by molar-refractivity contribution is 0.636. The van der Waals surface area contributed by atoms with Gasteiger partial charge in [-0.05, 0) is 24.6 Å². The highest BCUT2D eigenvalue weighted by atomic mass is 32.1. The Bertz CT molecular complexity index is 516. The van der Waals surface area contributed by atoms with Crippen LogP contribution in [0.1, 0.15) is 5.56 Å². The number of benzene rings is 1. The Morgan fingerprint density at radius 3 is 2.92 bits per heavy atom. The number of aromatic amines is 1. The number of pyridine rings is 1. The molecule has 3 heteroatoms. The molecule has 13 heavy (non-hydrogen) atoms. The van der Waals surface area contributed by atoms with Crippen LogP contribution in [0.4, 0.5) is 4.39 Å². The highest BCUT2D eigenvalue weighted by Crippen LogP contribution is 2.18. The van der Waals surface area contributed by atoms with Crippen molar-refractivity contribution in [3.05, 3.63) is 40.3 Å². The summed E-state index contributed by atoms with van der Waals surface area (Å²) in [4.78, 5) is 2.84. The number of nitrogens with one attached hydrogen (secondary N) is 1. The lowest BCUT2D eigenvalue weighted by Gasteiger charge is -2.02. The standard InChI is InChI=1S/C10H8FNS/c1-6-5-9(13)12-10-7(6)3-2-4-8(10)11/h2-5H,1H3,(H,12,13). The Labute approximate surface area is 80.2 Å². The number of H-pyrrole nitrogens is 1. The van der Waals surface area contributed by atoms with Gasteiger partial charge in [-0.2, -0.15) is 0 Å². The van der Waals surface area contributed by atoms with Crippen molar-refractivity contribution in [2.24, 2.45) is 0 Å². The van der Waals surface area contributed by atoms with Crippen LogP contribution in [0.2, 0.25) is 0 Å². The Hall–Kier alpha value is -1.22. The molecule has 1 heterocycles. The van der Waals surface area contributed by atoms with E-state index >= 15 is 0 Å². The highest BCUT2D eigenvalue weighted by Gasteiger charge is 2.01. The van der Waals surface area contributed by atoms with Crippen LogP contribution in [0.5, 0.6) is 0 Å². The molecule has 0 aliphatic carbocycles. The number of hydrogen-bond donors (Lipinski definition) is 1. The predicted molar refractivity (Wildman–Crippen MR) is 53.8 cm³/mol. The van der Waals surface area contributed by atoms with E-state index in [0.29, 0.717) is 10.2 Å². The van der Waals surface area contributed by atoms with E-state index in [1.165, 1.54) is 6.07 Å². The van der Waals surface area contributed by atoms with Crippen LogP contribution in [0.3, 0.4) is 0 Å². The molecule has 0 bridgehead atoms. The van der Waals surface area contributed by atoms with Gasteiger partial charge >= 0.3 is 0 Å². The molecule has 0 unspecified atom stereocenters. The Morgan fingerprint density at radius 2 is 2.15 bits per heavy atom. The smallest absolute Gasteiger partial charge is 0.147 e. The van der Waals surface area contributed by atoms with Gasteiger partial charge in [-0.25, -0.2) is 4.39 Å². The molecule has 1 aromatic heterocycles. The highest BCUT2D eigenvalue weighted by molar-refractivity contribution is 7.71. The Kier molecular flexibility index (Phi) is 1.88. The first-order chi connectivity index (χ1) is 6.18. The maximum absolute atomic E-state index is 13.3. The van der Waals surface area contributed by atoms with Gasteiger partial charge in [0.1, 0.15) is 10.5 Å². The van der Waals surface area contributed by atoms with Gasteiger partial charge < -0.3 is 4.98 Å². The summed E-state index contributed by atoms with van der Waals surface area (Å²) in [5, 5.41) is 0.883. The molecule has 0 fully saturated rings. The number of aromatic nitrogens is 1. The summed E-state index contributed by atoms with van der Waals surface area (Å²) in [6, 6.07) is 6.82. The van der Waals surface area contributed by atoms with Crippen molar-refractivity contribution in [3.8, 4) is 0 Å². The van der Waals surface area contributed by atoms with Crippen molar-refractivity contribution < 1.29 is 4.39 Å². The first-order valence-electron chi connectivity index (χ1n) is 3.96. The van der Waals surface area contributed by atoms with Gasteiger partial charge in [-0.3, -0.25) is 0 Å². The molecule has 2 rings (SSSR count). The summed E-state index contributed by atoms with van der Waals surface area (Å²) in [6.45, 7) is 1.92. The van der Waals surface area contributed by atoms with Crippen molar-refractivity contribution in [2.75, 3.05) is 0 Å². The first kappa shape index (κ1) is 8.38. The maximum Gasteiger partial charge on any atom is 0.147 e. The number of fused-ring (bicyclic) bond motifs is 1. The molecule has 0 aliphatic heterocycles. The number of hydrogen-bond acceptors (Lipinski definition) is 1. The SMILES string of the molecule is Cc1cc(=S)[nH]c2c(F)cccc12. The van der Waals surface area contributed by atoms with E-state index in [-0.39, 0.29) is 5.82 Å². The Morgan fingerprint density at radius 1 is 1.38 bits per heavy atom. The molecule has 2 aromatic rings. The molecule has 0 saturated carbocycles. The van der Waals surface area contributed by atoms with E-state index < -0.39 is 0 Å². The number of aryl methyl sites for hydroxylation is 1. The van der Waals surface area contributed by atoms with Crippen LogP contribution >= 0.6 is 12.2 Å². The number of halogens is 1.